The first-order valence-electron chi connectivity index (χ1n) is 7.25. The van der Waals surface area contributed by atoms with Crippen molar-refractivity contribution in [1.29, 1.82) is 0 Å². The van der Waals surface area contributed by atoms with Gasteiger partial charge in [-0.25, -0.2) is 0 Å². The Hall–Kier alpha value is -1.19. The molecule has 0 spiro atoms. The van der Waals surface area contributed by atoms with Crippen molar-refractivity contribution in [2.75, 3.05) is 23.3 Å². The van der Waals surface area contributed by atoms with Crippen LogP contribution in [-0.4, -0.2) is 13.1 Å². The maximum absolute atomic E-state index is 5.96. The van der Waals surface area contributed by atoms with E-state index < -0.39 is 0 Å². The molecule has 1 saturated heterocycles. The van der Waals surface area contributed by atoms with Gasteiger partial charge in [0.15, 0.2) is 0 Å². The average Bonchev–Trinajstić information content (AvgIpc) is 3.01. The first-order chi connectivity index (χ1) is 10.2. The summed E-state index contributed by atoms with van der Waals surface area (Å²) in [5, 5.41) is 4.20. The third kappa shape index (κ3) is 3.72. The summed E-state index contributed by atoms with van der Waals surface area (Å²) < 4.78 is 1.04. The van der Waals surface area contributed by atoms with Gasteiger partial charge in [0.1, 0.15) is 0 Å². The van der Waals surface area contributed by atoms with Gasteiger partial charge in [-0.3, -0.25) is 0 Å². The van der Waals surface area contributed by atoms with Crippen LogP contribution in [0, 0.1) is 0 Å². The van der Waals surface area contributed by atoms with Gasteiger partial charge in [0.05, 0.1) is 0 Å². The van der Waals surface area contributed by atoms with Crippen molar-refractivity contribution in [2.24, 2.45) is 0 Å². The lowest BCUT2D eigenvalue weighted by Gasteiger charge is -2.18. The molecule has 0 bridgehead atoms. The standard InChI is InChI=1S/C17H18BrClN2/c18-17-11-14(19)4-3-13(17)12-20-15-5-7-16(8-6-15)21-9-1-2-10-21/h3-8,11,20H,1-2,9-10,12H2. The average molecular weight is 366 g/mol. The minimum atomic E-state index is 0.751. The molecule has 0 saturated carbocycles. The predicted molar refractivity (Wildman–Crippen MR) is 94.4 cm³/mol. The van der Waals surface area contributed by atoms with Gasteiger partial charge in [-0.05, 0) is 54.8 Å². The van der Waals surface area contributed by atoms with E-state index in [9.17, 15) is 0 Å². The number of hydrogen-bond acceptors (Lipinski definition) is 2. The van der Waals surface area contributed by atoms with Crippen molar-refractivity contribution in [3.8, 4) is 0 Å². The van der Waals surface area contributed by atoms with Gasteiger partial charge in [0.2, 0.25) is 0 Å². The lowest BCUT2D eigenvalue weighted by atomic mass is 10.2. The van der Waals surface area contributed by atoms with E-state index in [1.54, 1.807) is 0 Å². The molecule has 0 atom stereocenters. The van der Waals surface area contributed by atoms with E-state index in [0.717, 1.165) is 21.7 Å². The molecule has 1 N–H and O–H groups in total. The Balaban J connectivity index is 1.62. The highest BCUT2D eigenvalue weighted by Gasteiger charge is 2.11. The van der Waals surface area contributed by atoms with Crippen molar-refractivity contribution >= 4 is 38.9 Å². The van der Waals surface area contributed by atoms with E-state index in [-0.39, 0.29) is 0 Å². The van der Waals surface area contributed by atoms with Gasteiger partial charge in [-0.1, -0.05) is 33.6 Å². The number of rotatable bonds is 4. The predicted octanol–water partition coefficient (Wildman–Crippen LogP) is 5.31. The second-order valence-corrected chi connectivity index (χ2v) is 6.62. The van der Waals surface area contributed by atoms with Crippen molar-refractivity contribution < 1.29 is 0 Å². The van der Waals surface area contributed by atoms with Gasteiger partial charge < -0.3 is 10.2 Å². The summed E-state index contributed by atoms with van der Waals surface area (Å²) in [4.78, 5) is 2.44. The second-order valence-electron chi connectivity index (χ2n) is 5.33. The quantitative estimate of drug-likeness (QED) is 0.789. The molecule has 1 heterocycles. The molecule has 0 unspecified atom stereocenters. The molecule has 21 heavy (non-hydrogen) atoms. The molecule has 3 rings (SSSR count). The Labute approximate surface area is 139 Å². The molecule has 110 valence electrons. The molecule has 0 amide bonds. The monoisotopic (exact) mass is 364 g/mol. The summed E-state index contributed by atoms with van der Waals surface area (Å²) >= 11 is 9.50. The summed E-state index contributed by atoms with van der Waals surface area (Å²) in [6, 6.07) is 14.6. The number of benzene rings is 2. The van der Waals surface area contributed by atoms with Crippen LogP contribution in [-0.2, 0) is 6.54 Å². The van der Waals surface area contributed by atoms with Crippen LogP contribution < -0.4 is 10.2 Å². The number of halogens is 2. The molecular weight excluding hydrogens is 348 g/mol. The van der Waals surface area contributed by atoms with Crippen LogP contribution in [0.4, 0.5) is 11.4 Å². The minimum Gasteiger partial charge on any atom is -0.381 e. The fourth-order valence-electron chi connectivity index (χ4n) is 2.63. The first-order valence-corrected chi connectivity index (χ1v) is 8.42. The summed E-state index contributed by atoms with van der Waals surface area (Å²) in [7, 11) is 0. The lowest BCUT2D eigenvalue weighted by molar-refractivity contribution is 0.949. The van der Waals surface area contributed by atoms with E-state index in [1.807, 2.05) is 18.2 Å². The molecule has 1 fully saturated rings. The lowest BCUT2D eigenvalue weighted by Crippen LogP contribution is -2.17. The molecule has 2 nitrogen and oxygen atoms in total. The van der Waals surface area contributed by atoms with Crippen molar-refractivity contribution in [3.05, 3.63) is 57.5 Å². The molecule has 0 aromatic heterocycles. The highest BCUT2D eigenvalue weighted by atomic mass is 79.9. The van der Waals surface area contributed by atoms with E-state index in [2.05, 4.69) is 50.4 Å². The Bertz CT molecular complexity index is 607. The van der Waals surface area contributed by atoms with Crippen LogP contribution in [0.15, 0.2) is 46.9 Å². The Kier molecular flexibility index (Phi) is 4.71. The zero-order valence-corrected chi connectivity index (χ0v) is 14.1. The number of nitrogens with one attached hydrogen (secondary N) is 1. The van der Waals surface area contributed by atoms with Crippen LogP contribution in [0.25, 0.3) is 0 Å². The van der Waals surface area contributed by atoms with Crippen LogP contribution in [0.5, 0.6) is 0 Å². The van der Waals surface area contributed by atoms with Crippen LogP contribution in [0.3, 0.4) is 0 Å². The normalized spacial score (nSPS) is 14.5. The summed E-state index contributed by atoms with van der Waals surface area (Å²) in [6.07, 6.45) is 2.62. The van der Waals surface area contributed by atoms with Crippen molar-refractivity contribution in [1.82, 2.24) is 0 Å². The Morgan fingerprint density at radius 2 is 1.76 bits per heavy atom. The van der Waals surface area contributed by atoms with Gasteiger partial charge in [0, 0.05) is 40.5 Å². The smallest absolute Gasteiger partial charge is 0.0417 e. The molecule has 4 heteroatoms. The number of nitrogens with zero attached hydrogens (tertiary/aromatic N) is 1. The van der Waals surface area contributed by atoms with E-state index >= 15 is 0 Å². The Morgan fingerprint density at radius 3 is 2.43 bits per heavy atom. The third-order valence-electron chi connectivity index (χ3n) is 3.84. The van der Waals surface area contributed by atoms with Gasteiger partial charge in [-0.2, -0.15) is 0 Å². The molecule has 1 aliphatic rings. The summed E-state index contributed by atoms with van der Waals surface area (Å²) in [5.41, 5.74) is 3.66. The molecule has 2 aromatic carbocycles. The minimum absolute atomic E-state index is 0.751. The van der Waals surface area contributed by atoms with Crippen LogP contribution >= 0.6 is 27.5 Å². The summed E-state index contributed by atoms with van der Waals surface area (Å²) in [6.45, 7) is 3.15. The highest BCUT2D eigenvalue weighted by molar-refractivity contribution is 9.10. The maximum atomic E-state index is 5.96. The van der Waals surface area contributed by atoms with Crippen LogP contribution in [0.1, 0.15) is 18.4 Å². The molecular formula is C17H18BrClN2. The highest BCUT2D eigenvalue weighted by Crippen LogP contribution is 2.24. The summed E-state index contributed by atoms with van der Waals surface area (Å²) in [5.74, 6) is 0. The van der Waals surface area contributed by atoms with Gasteiger partial charge >= 0.3 is 0 Å². The van der Waals surface area contributed by atoms with Crippen LogP contribution in [0.2, 0.25) is 5.02 Å². The third-order valence-corrected chi connectivity index (χ3v) is 4.81. The van der Waals surface area contributed by atoms with Crippen molar-refractivity contribution in [2.45, 2.75) is 19.4 Å². The zero-order chi connectivity index (χ0) is 14.7. The molecule has 1 aliphatic heterocycles. The second kappa shape index (κ2) is 6.71. The Morgan fingerprint density at radius 1 is 1.05 bits per heavy atom. The molecule has 0 radical (unpaired) electrons. The van der Waals surface area contributed by atoms with Gasteiger partial charge in [-0.15, -0.1) is 0 Å². The van der Waals surface area contributed by atoms with Gasteiger partial charge in [0.25, 0.3) is 0 Å². The fraction of sp³-hybridized carbons (Fsp3) is 0.294. The number of anilines is 2. The largest absolute Gasteiger partial charge is 0.381 e. The maximum Gasteiger partial charge on any atom is 0.0417 e. The van der Waals surface area contributed by atoms with E-state index in [1.165, 1.54) is 37.2 Å². The molecule has 0 aliphatic carbocycles. The molecule has 2 aromatic rings. The van der Waals surface area contributed by atoms with E-state index in [4.69, 9.17) is 11.6 Å². The van der Waals surface area contributed by atoms with E-state index in [0.29, 0.717) is 0 Å². The number of hydrogen-bond donors (Lipinski definition) is 1. The SMILES string of the molecule is Clc1ccc(CNc2ccc(N3CCCC3)cc2)c(Br)c1. The fourth-order valence-corrected chi connectivity index (χ4v) is 3.45. The first kappa shape index (κ1) is 14.7. The van der Waals surface area contributed by atoms with Crippen molar-refractivity contribution in [3.63, 3.8) is 0 Å². The topological polar surface area (TPSA) is 15.3 Å². The zero-order valence-electron chi connectivity index (χ0n) is 11.8.